The van der Waals surface area contributed by atoms with Crippen LogP contribution in [0.5, 0.6) is 0 Å². The molecule has 0 aliphatic carbocycles. The van der Waals surface area contributed by atoms with Crippen molar-refractivity contribution >= 4 is 33.6 Å². The molecule has 2 aromatic heterocycles. The molecule has 1 spiro atoms. The summed E-state index contributed by atoms with van der Waals surface area (Å²) in [7, 11) is 3.64. The first-order chi connectivity index (χ1) is 14.0. The number of nitrogens with zero attached hydrogens (tertiary/aromatic N) is 4. The average molecular weight is 410 g/mol. The molecule has 1 aromatic carbocycles. The molecule has 2 saturated heterocycles. The summed E-state index contributed by atoms with van der Waals surface area (Å²) in [5.41, 5.74) is 1.35. The molecular weight excluding hydrogens is 388 g/mol. The second-order valence-electron chi connectivity index (χ2n) is 7.91. The number of carbonyl (C=O) groups is 2. The van der Waals surface area contributed by atoms with Crippen LogP contribution >= 0.6 is 11.3 Å². The molecule has 0 unspecified atom stereocenters. The van der Waals surface area contributed by atoms with Crippen LogP contribution in [0.1, 0.15) is 22.5 Å². The standard InChI is InChI=1S/C21H22N4O3S/c1-23-12-21(28-20(23)27)9-6-10-25(13-21)18(26)16-11-15-17(14-7-4-3-5-8-14)22-24(2)19(15)29-16/h3-5,7-8,11H,6,9-10,12-13H2,1-2H3/t21-/m1/s1. The SMILES string of the molecule is CN1C[C@@]2(CCCN(C(=O)c3cc4c(-c5ccccc5)nn(C)c4s3)C2)OC1=O. The van der Waals surface area contributed by atoms with Crippen molar-refractivity contribution in [2.24, 2.45) is 7.05 Å². The number of hydrogen-bond donors (Lipinski definition) is 0. The largest absolute Gasteiger partial charge is 0.439 e. The molecule has 2 fully saturated rings. The maximum atomic E-state index is 13.3. The third-order valence-electron chi connectivity index (χ3n) is 5.74. The number of likely N-dealkylation sites (N-methyl/N-ethyl adjacent to an activating group) is 1. The van der Waals surface area contributed by atoms with Gasteiger partial charge in [-0.25, -0.2) is 4.79 Å². The topological polar surface area (TPSA) is 67.7 Å². The minimum absolute atomic E-state index is 0.00473. The molecule has 0 saturated carbocycles. The highest BCUT2D eigenvalue weighted by Crippen LogP contribution is 2.36. The molecular formula is C21H22N4O3S. The Bertz CT molecular complexity index is 1110. The van der Waals surface area contributed by atoms with Crippen molar-refractivity contribution in [3.8, 4) is 11.3 Å². The minimum Gasteiger partial charge on any atom is -0.439 e. The molecule has 0 radical (unpaired) electrons. The van der Waals surface area contributed by atoms with Crippen molar-refractivity contribution in [2.75, 3.05) is 26.7 Å². The van der Waals surface area contributed by atoms with E-state index < -0.39 is 5.60 Å². The molecule has 1 atom stereocenters. The van der Waals surface area contributed by atoms with Gasteiger partial charge in [-0.3, -0.25) is 9.48 Å². The quantitative estimate of drug-likeness (QED) is 0.650. The van der Waals surface area contributed by atoms with Gasteiger partial charge in [-0.15, -0.1) is 11.3 Å². The van der Waals surface area contributed by atoms with Crippen LogP contribution < -0.4 is 0 Å². The van der Waals surface area contributed by atoms with Crippen LogP contribution in [0.25, 0.3) is 21.5 Å². The summed E-state index contributed by atoms with van der Waals surface area (Å²) in [5, 5.41) is 5.64. The summed E-state index contributed by atoms with van der Waals surface area (Å²) in [6.45, 7) is 1.66. The molecule has 8 heteroatoms. The van der Waals surface area contributed by atoms with Gasteiger partial charge in [0, 0.05) is 31.6 Å². The number of fused-ring (bicyclic) bond motifs is 1. The van der Waals surface area contributed by atoms with Crippen molar-refractivity contribution < 1.29 is 14.3 Å². The lowest BCUT2D eigenvalue weighted by molar-refractivity contribution is -0.00503. The Morgan fingerprint density at radius 2 is 2.00 bits per heavy atom. The molecule has 2 aliphatic rings. The van der Waals surface area contributed by atoms with Gasteiger partial charge in [-0.2, -0.15) is 5.10 Å². The van der Waals surface area contributed by atoms with Crippen LogP contribution in [0.4, 0.5) is 4.79 Å². The fourth-order valence-corrected chi connectivity index (χ4v) is 5.43. The van der Waals surface area contributed by atoms with Gasteiger partial charge in [0.15, 0.2) is 0 Å². The maximum Gasteiger partial charge on any atom is 0.410 e. The van der Waals surface area contributed by atoms with E-state index in [1.54, 1.807) is 11.9 Å². The van der Waals surface area contributed by atoms with Crippen LogP contribution in [0.3, 0.4) is 0 Å². The summed E-state index contributed by atoms with van der Waals surface area (Å²) < 4.78 is 7.48. The minimum atomic E-state index is -0.576. The van der Waals surface area contributed by atoms with Gasteiger partial charge in [0.05, 0.1) is 18.0 Å². The lowest BCUT2D eigenvalue weighted by Crippen LogP contribution is -2.52. The van der Waals surface area contributed by atoms with Gasteiger partial charge in [-0.05, 0) is 18.9 Å². The number of aromatic nitrogens is 2. The number of ether oxygens (including phenoxy) is 1. The van der Waals surface area contributed by atoms with Gasteiger partial charge in [0.2, 0.25) is 0 Å². The first kappa shape index (κ1) is 18.2. The number of carbonyl (C=O) groups excluding carboxylic acids is 2. The Kier molecular flexibility index (Phi) is 4.13. The summed E-state index contributed by atoms with van der Waals surface area (Å²) in [6.07, 6.45) is 1.32. The van der Waals surface area contributed by atoms with Crippen molar-refractivity contribution in [1.82, 2.24) is 19.6 Å². The van der Waals surface area contributed by atoms with Crippen LogP contribution in [-0.2, 0) is 11.8 Å². The maximum absolute atomic E-state index is 13.3. The zero-order valence-electron chi connectivity index (χ0n) is 16.4. The Morgan fingerprint density at radius 3 is 2.72 bits per heavy atom. The van der Waals surface area contributed by atoms with Crippen LogP contribution in [0, 0.1) is 0 Å². The van der Waals surface area contributed by atoms with E-state index in [0.29, 0.717) is 24.5 Å². The zero-order valence-corrected chi connectivity index (χ0v) is 17.2. The molecule has 4 heterocycles. The summed E-state index contributed by atoms with van der Waals surface area (Å²) in [5.74, 6) is -0.00473. The van der Waals surface area contributed by atoms with E-state index in [1.807, 2.05) is 53.0 Å². The normalized spacial score (nSPS) is 21.9. The Morgan fingerprint density at radius 1 is 1.21 bits per heavy atom. The summed E-state index contributed by atoms with van der Waals surface area (Å²) in [6, 6.07) is 12.0. The van der Waals surface area contributed by atoms with E-state index in [9.17, 15) is 9.59 Å². The van der Waals surface area contributed by atoms with E-state index in [4.69, 9.17) is 4.74 Å². The lowest BCUT2D eigenvalue weighted by atomic mass is 9.92. The van der Waals surface area contributed by atoms with Gasteiger partial charge in [-0.1, -0.05) is 30.3 Å². The lowest BCUT2D eigenvalue weighted by Gasteiger charge is -2.38. The predicted octanol–water partition coefficient (Wildman–Crippen LogP) is 3.36. The van der Waals surface area contributed by atoms with E-state index in [0.717, 1.165) is 34.3 Å². The summed E-state index contributed by atoms with van der Waals surface area (Å²) in [4.78, 5) is 30.3. The van der Waals surface area contributed by atoms with Crippen molar-refractivity contribution in [3.63, 3.8) is 0 Å². The fraction of sp³-hybridized carbons (Fsp3) is 0.381. The van der Waals surface area contributed by atoms with E-state index in [-0.39, 0.29) is 12.0 Å². The Labute approximate surface area is 172 Å². The van der Waals surface area contributed by atoms with Gasteiger partial charge >= 0.3 is 6.09 Å². The fourth-order valence-electron chi connectivity index (χ4n) is 4.39. The van der Waals surface area contributed by atoms with Crippen LogP contribution in [-0.4, -0.2) is 63.9 Å². The molecule has 7 nitrogen and oxygen atoms in total. The van der Waals surface area contributed by atoms with Crippen molar-refractivity contribution in [1.29, 1.82) is 0 Å². The first-order valence-electron chi connectivity index (χ1n) is 9.71. The third-order valence-corrected chi connectivity index (χ3v) is 6.93. The predicted molar refractivity (Wildman–Crippen MR) is 111 cm³/mol. The number of likely N-dealkylation sites (tertiary alicyclic amines) is 1. The monoisotopic (exact) mass is 410 g/mol. The van der Waals surface area contributed by atoms with Crippen LogP contribution in [0.2, 0.25) is 0 Å². The van der Waals surface area contributed by atoms with E-state index in [1.165, 1.54) is 11.3 Å². The first-order valence-corrected chi connectivity index (χ1v) is 10.5. The highest BCUT2D eigenvalue weighted by atomic mass is 32.1. The number of amides is 2. The number of piperidine rings is 1. The van der Waals surface area contributed by atoms with Gasteiger partial charge < -0.3 is 14.5 Å². The Hall–Kier alpha value is -2.87. The molecule has 150 valence electrons. The second kappa shape index (κ2) is 6.59. The Balaban J connectivity index is 1.45. The van der Waals surface area contributed by atoms with E-state index in [2.05, 4.69) is 5.10 Å². The molecule has 5 rings (SSSR count). The van der Waals surface area contributed by atoms with Gasteiger partial charge in [0.1, 0.15) is 16.1 Å². The van der Waals surface area contributed by atoms with Crippen molar-refractivity contribution in [2.45, 2.75) is 18.4 Å². The van der Waals surface area contributed by atoms with Crippen molar-refractivity contribution in [3.05, 3.63) is 41.3 Å². The number of benzene rings is 1. The molecule has 2 amide bonds. The number of rotatable bonds is 2. The molecule has 0 bridgehead atoms. The highest BCUT2D eigenvalue weighted by Gasteiger charge is 2.47. The highest BCUT2D eigenvalue weighted by molar-refractivity contribution is 7.20. The second-order valence-corrected chi connectivity index (χ2v) is 8.94. The number of thiophene rings is 1. The van der Waals surface area contributed by atoms with Gasteiger partial charge in [0.25, 0.3) is 5.91 Å². The third kappa shape index (κ3) is 2.98. The zero-order chi connectivity index (χ0) is 20.2. The molecule has 3 aromatic rings. The molecule has 29 heavy (non-hydrogen) atoms. The molecule has 2 aliphatic heterocycles. The smallest absolute Gasteiger partial charge is 0.410 e. The summed E-state index contributed by atoms with van der Waals surface area (Å²) >= 11 is 1.46. The van der Waals surface area contributed by atoms with E-state index >= 15 is 0 Å². The number of aryl methyl sites for hydroxylation is 1. The average Bonchev–Trinajstić information content (AvgIpc) is 3.36. The van der Waals surface area contributed by atoms with Crippen LogP contribution in [0.15, 0.2) is 36.4 Å². The molecule has 0 N–H and O–H groups in total. The number of hydrogen-bond acceptors (Lipinski definition) is 5.